The molecule has 0 radical (unpaired) electrons. The SMILES string of the molecule is CCNCc1c(F)ccc(I)c1F. The molecule has 4 heteroatoms. The topological polar surface area (TPSA) is 12.0 Å². The van der Waals surface area contributed by atoms with Crippen LogP contribution in [0.4, 0.5) is 8.78 Å². The van der Waals surface area contributed by atoms with Crippen molar-refractivity contribution < 1.29 is 8.78 Å². The second kappa shape index (κ2) is 4.85. The van der Waals surface area contributed by atoms with Crippen LogP contribution in [-0.2, 0) is 6.54 Å². The minimum atomic E-state index is -0.487. The molecule has 1 aromatic carbocycles. The fourth-order valence-corrected chi connectivity index (χ4v) is 1.49. The van der Waals surface area contributed by atoms with Crippen LogP contribution in [0.2, 0.25) is 0 Å². The van der Waals surface area contributed by atoms with Crippen molar-refractivity contribution in [1.29, 1.82) is 0 Å². The van der Waals surface area contributed by atoms with E-state index in [0.29, 0.717) is 10.1 Å². The summed E-state index contributed by atoms with van der Waals surface area (Å²) in [7, 11) is 0. The van der Waals surface area contributed by atoms with Gasteiger partial charge in [-0.25, -0.2) is 8.78 Å². The molecule has 1 N–H and O–H groups in total. The van der Waals surface area contributed by atoms with Gasteiger partial charge in [0.25, 0.3) is 0 Å². The molecular formula is C9H10F2IN. The third-order valence-corrected chi connectivity index (χ3v) is 2.52. The van der Waals surface area contributed by atoms with Crippen molar-refractivity contribution in [2.45, 2.75) is 13.5 Å². The first kappa shape index (κ1) is 10.8. The van der Waals surface area contributed by atoms with E-state index in [9.17, 15) is 8.78 Å². The van der Waals surface area contributed by atoms with E-state index in [2.05, 4.69) is 5.32 Å². The predicted molar refractivity (Wildman–Crippen MR) is 56.5 cm³/mol. The van der Waals surface area contributed by atoms with Crippen molar-refractivity contribution in [3.8, 4) is 0 Å². The first-order valence-corrected chi connectivity index (χ1v) is 5.07. The fraction of sp³-hybridized carbons (Fsp3) is 0.333. The quantitative estimate of drug-likeness (QED) is 0.668. The van der Waals surface area contributed by atoms with Crippen LogP contribution in [0.5, 0.6) is 0 Å². The molecule has 0 aliphatic carbocycles. The summed E-state index contributed by atoms with van der Waals surface area (Å²) in [6.07, 6.45) is 0. The molecule has 0 spiro atoms. The van der Waals surface area contributed by atoms with Gasteiger partial charge in [-0.15, -0.1) is 0 Å². The molecule has 0 bridgehead atoms. The summed E-state index contributed by atoms with van der Waals surface area (Å²) in [6, 6.07) is 2.72. The van der Waals surface area contributed by atoms with Crippen LogP contribution in [0.3, 0.4) is 0 Å². The van der Waals surface area contributed by atoms with E-state index in [0.717, 1.165) is 0 Å². The number of benzene rings is 1. The van der Waals surface area contributed by atoms with Crippen molar-refractivity contribution in [2.75, 3.05) is 6.54 Å². The average Bonchev–Trinajstić information content (AvgIpc) is 2.12. The number of hydrogen-bond donors (Lipinski definition) is 1. The van der Waals surface area contributed by atoms with Crippen LogP contribution < -0.4 is 5.32 Å². The molecule has 13 heavy (non-hydrogen) atoms. The summed E-state index contributed by atoms with van der Waals surface area (Å²) in [5, 5.41) is 2.89. The Kier molecular flexibility index (Phi) is 4.05. The number of nitrogens with one attached hydrogen (secondary N) is 1. The highest BCUT2D eigenvalue weighted by Gasteiger charge is 2.10. The van der Waals surface area contributed by atoms with Crippen molar-refractivity contribution in [3.63, 3.8) is 0 Å². The third-order valence-electron chi connectivity index (χ3n) is 1.69. The minimum Gasteiger partial charge on any atom is -0.313 e. The maximum absolute atomic E-state index is 13.3. The Hall–Kier alpha value is -0.230. The van der Waals surface area contributed by atoms with Gasteiger partial charge in [-0.05, 0) is 41.3 Å². The van der Waals surface area contributed by atoms with E-state index in [-0.39, 0.29) is 12.1 Å². The zero-order chi connectivity index (χ0) is 9.84. The molecule has 0 heterocycles. The smallest absolute Gasteiger partial charge is 0.143 e. The molecule has 0 aromatic heterocycles. The summed E-state index contributed by atoms with van der Waals surface area (Å²) >= 11 is 1.85. The zero-order valence-electron chi connectivity index (χ0n) is 7.20. The number of hydrogen-bond acceptors (Lipinski definition) is 1. The van der Waals surface area contributed by atoms with Crippen LogP contribution in [0.1, 0.15) is 12.5 Å². The fourth-order valence-electron chi connectivity index (χ4n) is 0.981. The van der Waals surface area contributed by atoms with E-state index < -0.39 is 11.6 Å². The molecule has 0 atom stereocenters. The molecule has 0 amide bonds. The van der Waals surface area contributed by atoms with E-state index >= 15 is 0 Å². The highest BCUT2D eigenvalue weighted by atomic mass is 127. The normalized spacial score (nSPS) is 10.5. The molecule has 72 valence electrons. The maximum Gasteiger partial charge on any atom is 0.143 e. The van der Waals surface area contributed by atoms with Crippen LogP contribution in [0.15, 0.2) is 12.1 Å². The second-order valence-corrected chi connectivity index (χ2v) is 3.76. The average molecular weight is 297 g/mol. The molecule has 1 aromatic rings. The summed E-state index contributed by atoms with van der Waals surface area (Å²) in [6.45, 7) is 2.83. The van der Waals surface area contributed by atoms with E-state index in [1.165, 1.54) is 12.1 Å². The monoisotopic (exact) mass is 297 g/mol. The van der Waals surface area contributed by atoms with Gasteiger partial charge in [-0.3, -0.25) is 0 Å². The van der Waals surface area contributed by atoms with E-state index in [4.69, 9.17) is 0 Å². The number of rotatable bonds is 3. The van der Waals surface area contributed by atoms with Gasteiger partial charge in [0.1, 0.15) is 11.6 Å². The molecule has 0 fully saturated rings. The van der Waals surface area contributed by atoms with Crippen molar-refractivity contribution in [3.05, 3.63) is 32.9 Å². The summed E-state index contributed by atoms with van der Waals surface area (Å²) in [4.78, 5) is 0. The molecule has 0 aliphatic rings. The highest BCUT2D eigenvalue weighted by Crippen LogP contribution is 2.18. The largest absolute Gasteiger partial charge is 0.313 e. The van der Waals surface area contributed by atoms with Gasteiger partial charge in [0.15, 0.2) is 0 Å². The van der Waals surface area contributed by atoms with Crippen LogP contribution in [-0.4, -0.2) is 6.54 Å². The first-order chi connectivity index (χ1) is 6.16. The van der Waals surface area contributed by atoms with Gasteiger partial charge < -0.3 is 5.32 Å². The second-order valence-electron chi connectivity index (χ2n) is 2.60. The Bertz CT molecular complexity index is 302. The van der Waals surface area contributed by atoms with Crippen molar-refractivity contribution in [1.82, 2.24) is 5.32 Å². The van der Waals surface area contributed by atoms with Gasteiger partial charge in [0, 0.05) is 15.7 Å². The van der Waals surface area contributed by atoms with Crippen molar-refractivity contribution in [2.24, 2.45) is 0 Å². The maximum atomic E-state index is 13.3. The lowest BCUT2D eigenvalue weighted by Gasteiger charge is -2.06. The third kappa shape index (κ3) is 2.60. The molecule has 0 saturated heterocycles. The Morgan fingerprint density at radius 3 is 2.69 bits per heavy atom. The number of halogens is 3. The van der Waals surface area contributed by atoms with Crippen LogP contribution >= 0.6 is 22.6 Å². The molecule has 1 rings (SSSR count). The predicted octanol–water partition coefficient (Wildman–Crippen LogP) is 2.68. The molecular weight excluding hydrogens is 287 g/mol. The first-order valence-electron chi connectivity index (χ1n) is 4.00. The Balaban J connectivity index is 2.96. The Labute approximate surface area is 89.7 Å². The van der Waals surface area contributed by atoms with Crippen LogP contribution in [0.25, 0.3) is 0 Å². The molecule has 0 unspecified atom stereocenters. The van der Waals surface area contributed by atoms with Gasteiger partial charge in [-0.2, -0.15) is 0 Å². The Morgan fingerprint density at radius 2 is 2.08 bits per heavy atom. The highest BCUT2D eigenvalue weighted by molar-refractivity contribution is 14.1. The summed E-state index contributed by atoms with van der Waals surface area (Å²) < 4.78 is 26.8. The minimum absolute atomic E-state index is 0.119. The Morgan fingerprint density at radius 1 is 1.38 bits per heavy atom. The van der Waals surface area contributed by atoms with E-state index in [1.54, 1.807) is 0 Å². The lowest BCUT2D eigenvalue weighted by atomic mass is 10.2. The van der Waals surface area contributed by atoms with Gasteiger partial charge in [0.2, 0.25) is 0 Å². The van der Waals surface area contributed by atoms with Crippen LogP contribution in [0, 0.1) is 15.2 Å². The zero-order valence-corrected chi connectivity index (χ0v) is 9.36. The van der Waals surface area contributed by atoms with Crippen molar-refractivity contribution >= 4 is 22.6 Å². The summed E-state index contributed by atoms with van der Waals surface area (Å²) in [5.41, 5.74) is 0.119. The molecule has 0 aliphatic heterocycles. The van der Waals surface area contributed by atoms with Gasteiger partial charge >= 0.3 is 0 Å². The molecule has 1 nitrogen and oxygen atoms in total. The van der Waals surface area contributed by atoms with Gasteiger partial charge in [0.05, 0.1) is 0 Å². The van der Waals surface area contributed by atoms with Gasteiger partial charge in [-0.1, -0.05) is 6.92 Å². The summed E-state index contributed by atoms with van der Waals surface area (Å²) in [5.74, 6) is -0.944. The van der Waals surface area contributed by atoms with E-state index in [1.807, 2.05) is 29.5 Å². The molecule has 0 saturated carbocycles. The standard InChI is InChI=1S/C9H10F2IN/c1-2-13-5-6-7(10)3-4-8(12)9(6)11/h3-4,13H,2,5H2,1H3. The lowest BCUT2D eigenvalue weighted by Crippen LogP contribution is -2.14. The lowest BCUT2D eigenvalue weighted by molar-refractivity contribution is 0.535.